The van der Waals surface area contributed by atoms with Crippen LogP contribution in [0.15, 0.2) is 30.5 Å². The Hall–Kier alpha value is -2.25. The average Bonchev–Trinajstić information content (AvgIpc) is 3.16. The van der Waals surface area contributed by atoms with Crippen molar-refractivity contribution in [3.05, 3.63) is 36.0 Å². The highest BCUT2D eigenvalue weighted by atomic mass is 16.2. The molecular formula is C22H27N3O. The number of hydrogen-bond donors (Lipinski definition) is 0. The second-order valence-electron chi connectivity index (χ2n) is 7.73. The van der Waals surface area contributed by atoms with E-state index in [1.807, 2.05) is 11.9 Å². The van der Waals surface area contributed by atoms with Gasteiger partial charge in [0.25, 0.3) is 0 Å². The van der Waals surface area contributed by atoms with Crippen LogP contribution in [0.1, 0.15) is 31.2 Å². The van der Waals surface area contributed by atoms with E-state index in [4.69, 9.17) is 0 Å². The largest absolute Gasteiger partial charge is 0.351 e. The first-order valence-corrected chi connectivity index (χ1v) is 9.67. The van der Waals surface area contributed by atoms with Gasteiger partial charge in [-0.3, -0.25) is 4.79 Å². The molecule has 0 spiro atoms. The SMILES string of the molecule is CN1C(=O)[C@H](CN2CCCCC2)C[C@@H]1C#Cc1ccc2c(ccn2C)c1. The summed E-state index contributed by atoms with van der Waals surface area (Å²) in [5.41, 5.74) is 2.23. The first-order chi connectivity index (χ1) is 12.6. The van der Waals surface area contributed by atoms with Crippen molar-refractivity contribution in [1.82, 2.24) is 14.4 Å². The quantitative estimate of drug-likeness (QED) is 0.780. The normalized spacial score (nSPS) is 24.1. The Balaban J connectivity index is 1.45. The maximum atomic E-state index is 12.6. The number of aromatic nitrogens is 1. The summed E-state index contributed by atoms with van der Waals surface area (Å²) in [5, 5.41) is 1.21. The number of fused-ring (bicyclic) bond motifs is 1. The van der Waals surface area contributed by atoms with Crippen molar-refractivity contribution in [2.45, 2.75) is 31.7 Å². The number of likely N-dealkylation sites (tertiary alicyclic amines) is 2. The third-order valence-electron chi connectivity index (χ3n) is 5.87. The van der Waals surface area contributed by atoms with Gasteiger partial charge in [-0.2, -0.15) is 0 Å². The van der Waals surface area contributed by atoms with Crippen LogP contribution in [0.5, 0.6) is 0 Å². The van der Waals surface area contributed by atoms with Crippen molar-refractivity contribution in [2.75, 3.05) is 26.7 Å². The first-order valence-electron chi connectivity index (χ1n) is 9.67. The number of carbonyl (C=O) groups is 1. The first kappa shape index (κ1) is 17.2. The summed E-state index contributed by atoms with van der Waals surface area (Å²) < 4.78 is 2.11. The summed E-state index contributed by atoms with van der Waals surface area (Å²) in [7, 11) is 3.95. The summed E-state index contributed by atoms with van der Waals surface area (Å²) in [4.78, 5) is 16.9. The van der Waals surface area contributed by atoms with E-state index in [2.05, 4.69) is 58.8 Å². The number of hydrogen-bond acceptors (Lipinski definition) is 2. The highest BCUT2D eigenvalue weighted by molar-refractivity contribution is 5.83. The molecule has 4 heteroatoms. The monoisotopic (exact) mass is 349 g/mol. The average molecular weight is 349 g/mol. The second-order valence-corrected chi connectivity index (χ2v) is 7.73. The van der Waals surface area contributed by atoms with E-state index in [1.54, 1.807) is 0 Å². The molecule has 2 aromatic rings. The van der Waals surface area contributed by atoms with Crippen LogP contribution in [0, 0.1) is 17.8 Å². The molecule has 0 N–H and O–H groups in total. The summed E-state index contributed by atoms with van der Waals surface area (Å²) >= 11 is 0. The molecule has 1 aromatic heterocycles. The second kappa shape index (κ2) is 7.17. The number of amides is 1. The summed E-state index contributed by atoms with van der Waals surface area (Å²) in [6, 6.07) is 8.45. The fraction of sp³-hybridized carbons (Fsp3) is 0.500. The third kappa shape index (κ3) is 3.37. The van der Waals surface area contributed by atoms with Crippen molar-refractivity contribution in [3.8, 4) is 11.8 Å². The minimum atomic E-state index is 0.0313. The Morgan fingerprint density at radius 2 is 1.92 bits per heavy atom. The number of aryl methyl sites for hydroxylation is 1. The lowest BCUT2D eigenvalue weighted by Crippen LogP contribution is -2.37. The van der Waals surface area contributed by atoms with Gasteiger partial charge >= 0.3 is 0 Å². The number of benzene rings is 1. The standard InChI is InChI=1S/C22H27N3O/c1-23-13-10-18-14-17(7-9-21(18)23)6-8-20-15-19(22(26)24(20)2)16-25-11-4-3-5-12-25/h7,9-10,13-14,19-20H,3-5,11-12,15-16H2,1-2H3/t19-,20-/m0/s1. The molecule has 1 aromatic carbocycles. The van der Waals surface area contributed by atoms with Crippen LogP contribution in [0.4, 0.5) is 0 Å². The molecule has 26 heavy (non-hydrogen) atoms. The molecule has 0 radical (unpaired) electrons. The Morgan fingerprint density at radius 1 is 1.12 bits per heavy atom. The summed E-state index contributed by atoms with van der Waals surface area (Å²) in [6.45, 7) is 3.18. The minimum absolute atomic E-state index is 0.0313. The molecule has 2 aliphatic rings. The number of rotatable bonds is 2. The molecule has 4 rings (SSSR count). The lowest BCUT2D eigenvalue weighted by molar-refractivity contribution is -0.130. The number of carbonyl (C=O) groups excluding carboxylic acids is 1. The molecule has 2 atom stereocenters. The van der Waals surface area contributed by atoms with Gasteiger partial charge in [-0.25, -0.2) is 0 Å². The molecule has 136 valence electrons. The Kier molecular flexibility index (Phi) is 4.74. The highest BCUT2D eigenvalue weighted by Crippen LogP contribution is 2.25. The fourth-order valence-electron chi connectivity index (χ4n) is 4.26. The van der Waals surface area contributed by atoms with E-state index in [1.165, 1.54) is 30.2 Å². The van der Waals surface area contributed by atoms with Crippen LogP contribution < -0.4 is 0 Å². The van der Waals surface area contributed by atoms with Gasteiger partial charge in [-0.15, -0.1) is 0 Å². The van der Waals surface area contributed by atoms with Crippen molar-refractivity contribution in [2.24, 2.45) is 13.0 Å². The molecule has 4 nitrogen and oxygen atoms in total. The van der Waals surface area contributed by atoms with Crippen molar-refractivity contribution >= 4 is 16.8 Å². The van der Waals surface area contributed by atoms with Crippen molar-refractivity contribution < 1.29 is 4.79 Å². The van der Waals surface area contributed by atoms with Gasteiger partial charge < -0.3 is 14.4 Å². The zero-order valence-electron chi connectivity index (χ0n) is 15.7. The smallest absolute Gasteiger partial charge is 0.227 e. The topological polar surface area (TPSA) is 28.5 Å². The molecule has 0 aliphatic carbocycles. The van der Waals surface area contributed by atoms with Gasteiger partial charge in [-0.05, 0) is 56.6 Å². The zero-order chi connectivity index (χ0) is 18.1. The minimum Gasteiger partial charge on any atom is -0.351 e. The summed E-state index contributed by atoms with van der Waals surface area (Å²) in [5.74, 6) is 7.01. The summed E-state index contributed by atoms with van der Waals surface area (Å²) in [6.07, 6.45) is 6.78. The Labute approximate surface area is 155 Å². The van der Waals surface area contributed by atoms with Gasteiger partial charge in [0, 0.05) is 43.3 Å². The van der Waals surface area contributed by atoms with Gasteiger partial charge in [0.05, 0.1) is 12.0 Å². The molecule has 3 heterocycles. The van der Waals surface area contributed by atoms with E-state index in [-0.39, 0.29) is 17.9 Å². The van der Waals surface area contributed by atoms with Crippen LogP contribution in [0.2, 0.25) is 0 Å². The molecule has 0 unspecified atom stereocenters. The Morgan fingerprint density at radius 3 is 2.73 bits per heavy atom. The molecule has 0 bridgehead atoms. The van der Waals surface area contributed by atoms with Gasteiger partial charge in [-0.1, -0.05) is 18.3 Å². The maximum Gasteiger partial charge on any atom is 0.227 e. The van der Waals surface area contributed by atoms with Crippen LogP contribution >= 0.6 is 0 Å². The predicted octanol–water partition coefficient (Wildman–Crippen LogP) is 2.86. The molecule has 1 amide bonds. The predicted molar refractivity (Wildman–Crippen MR) is 105 cm³/mol. The van der Waals surface area contributed by atoms with Gasteiger partial charge in [0.2, 0.25) is 5.91 Å². The number of piperidine rings is 1. The van der Waals surface area contributed by atoms with E-state index < -0.39 is 0 Å². The van der Waals surface area contributed by atoms with Crippen LogP contribution in [0.25, 0.3) is 10.9 Å². The lowest BCUT2D eigenvalue weighted by Gasteiger charge is -2.28. The Bertz CT molecular complexity index is 866. The molecule has 2 saturated heterocycles. The number of nitrogens with zero attached hydrogens (tertiary/aromatic N) is 3. The fourth-order valence-corrected chi connectivity index (χ4v) is 4.26. The highest BCUT2D eigenvalue weighted by Gasteiger charge is 2.37. The van der Waals surface area contributed by atoms with Crippen molar-refractivity contribution in [1.29, 1.82) is 0 Å². The van der Waals surface area contributed by atoms with E-state index >= 15 is 0 Å². The van der Waals surface area contributed by atoms with Crippen molar-refractivity contribution in [3.63, 3.8) is 0 Å². The van der Waals surface area contributed by atoms with E-state index in [0.29, 0.717) is 0 Å². The maximum absolute atomic E-state index is 12.6. The lowest BCUT2D eigenvalue weighted by atomic mass is 10.0. The van der Waals surface area contributed by atoms with Gasteiger partial charge in [0.15, 0.2) is 0 Å². The van der Waals surface area contributed by atoms with Crippen LogP contribution in [-0.4, -0.2) is 53.0 Å². The van der Waals surface area contributed by atoms with E-state index in [0.717, 1.165) is 31.6 Å². The molecule has 0 saturated carbocycles. The van der Waals surface area contributed by atoms with Crippen LogP contribution in [-0.2, 0) is 11.8 Å². The van der Waals surface area contributed by atoms with Crippen LogP contribution in [0.3, 0.4) is 0 Å². The molecular weight excluding hydrogens is 322 g/mol. The molecule has 2 fully saturated rings. The zero-order valence-corrected chi connectivity index (χ0v) is 15.7. The molecule has 2 aliphatic heterocycles. The van der Waals surface area contributed by atoms with Gasteiger partial charge in [0.1, 0.15) is 0 Å². The third-order valence-corrected chi connectivity index (χ3v) is 5.87. The van der Waals surface area contributed by atoms with E-state index in [9.17, 15) is 4.79 Å².